The van der Waals surface area contributed by atoms with Gasteiger partial charge in [-0.2, -0.15) is 5.26 Å². The van der Waals surface area contributed by atoms with Crippen LogP contribution in [0.3, 0.4) is 0 Å². The average Bonchev–Trinajstić information content (AvgIpc) is 2.62. The quantitative estimate of drug-likeness (QED) is 0.409. The lowest BCUT2D eigenvalue weighted by molar-refractivity contribution is -0.112. The van der Waals surface area contributed by atoms with E-state index in [9.17, 15) is 10.1 Å². The van der Waals surface area contributed by atoms with Crippen molar-refractivity contribution in [2.24, 2.45) is 0 Å². The largest absolute Gasteiger partial charge is 0.488 e. The summed E-state index contributed by atoms with van der Waals surface area (Å²) < 4.78 is 5.40. The molecule has 26 heavy (non-hydrogen) atoms. The molecule has 2 aromatic carbocycles. The lowest BCUT2D eigenvalue weighted by Gasteiger charge is -2.09. The van der Waals surface area contributed by atoms with Gasteiger partial charge in [0.25, 0.3) is 5.91 Å². The summed E-state index contributed by atoms with van der Waals surface area (Å²) in [6.07, 6.45) is 3.07. The molecule has 0 radical (unpaired) electrons. The summed E-state index contributed by atoms with van der Waals surface area (Å²) in [6, 6.07) is 12.0. The van der Waals surface area contributed by atoms with Gasteiger partial charge in [0, 0.05) is 10.7 Å². The number of aryl methyl sites for hydroxylation is 1. The van der Waals surface area contributed by atoms with Crippen LogP contribution in [0, 0.1) is 18.3 Å². The van der Waals surface area contributed by atoms with E-state index in [1.165, 1.54) is 6.08 Å². The van der Waals surface area contributed by atoms with Crippen molar-refractivity contribution in [3.8, 4) is 11.8 Å². The summed E-state index contributed by atoms with van der Waals surface area (Å²) in [6.45, 7) is 5.74. The summed E-state index contributed by atoms with van der Waals surface area (Å²) in [5.41, 5.74) is 1.94. The van der Waals surface area contributed by atoms with E-state index in [1.807, 2.05) is 13.0 Å². The molecule has 6 heteroatoms. The molecule has 2 aromatic rings. The van der Waals surface area contributed by atoms with E-state index in [4.69, 9.17) is 27.9 Å². The van der Waals surface area contributed by atoms with Gasteiger partial charge in [0.15, 0.2) is 0 Å². The number of benzene rings is 2. The first-order chi connectivity index (χ1) is 12.4. The molecule has 1 N–H and O–H groups in total. The van der Waals surface area contributed by atoms with E-state index in [2.05, 4.69) is 11.9 Å². The standard InChI is InChI=1S/C20H16Cl2N2O2/c1-3-8-26-19-7-5-14(10-17(19)22)9-15(12-23)20(25)24-18-11-16(21)6-4-13(18)2/h3-7,9-11H,1,8H2,2H3,(H,24,25)/b15-9+. The van der Waals surface area contributed by atoms with Gasteiger partial charge in [0.05, 0.1) is 5.02 Å². The number of anilines is 1. The van der Waals surface area contributed by atoms with Gasteiger partial charge in [0.2, 0.25) is 0 Å². The zero-order valence-electron chi connectivity index (χ0n) is 14.1. The fourth-order valence-corrected chi connectivity index (χ4v) is 2.52. The van der Waals surface area contributed by atoms with Crippen molar-refractivity contribution in [3.05, 3.63) is 75.8 Å². The second kappa shape index (κ2) is 9.10. The SMILES string of the molecule is C=CCOc1ccc(/C=C(\C#N)C(=O)Nc2cc(Cl)ccc2C)cc1Cl. The highest BCUT2D eigenvalue weighted by molar-refractivity contribution is 6.32. The van der Waals surface area contributed by atoms with Crippen molar-refractivity contribution < 1.29 is 9.53 Å². The maximum atomic E-state index is 12.4. The molecule has 1 amide bonds. The third kappa shape index (κ3) is 5.13. The Bertz CT molecular complexity index is 915. The Balaban J connectivity index is 2.23. The molecule has 0 heterocycles. The van der Waals surface area contributed by atoms with E-state index in [0.717, 1.165) is 5.56 Å². The van der Waals surface area contributed by atoms with Crippen molar-refractivity contribution in [3.63, 3.8) is 0 Å². The summed E-state index contributed by atoms with van der Waals surface area (Å²) in [5.74, 6) is -0.0257. The van der Waals surface area contributed by atoms with Gasteiger partial charge in [-0.15, -0.1) is 0 Å². The molecule has 0 spiro atoms. The number of carbonyl (C=O) groups excluding carboxylic acids is 1. The van der Waals surface area contributed by atoms with Gasteiger partial charge >= 0.3 is 0 Å². The number of nitrogens with one attached hydrogen (secondary N) is 1. The maximum Gasteiger partial charge on any atom is 0.266 e. The van der Waals surface area contributed by atoms with E-state index in [-0.39, 0.29) is 5.57 Å². The molecule has 0 fully saturated rings. The van der Waals surface area contributed by atoms with Crippen molar-refractivity contribution in [1.29, 1.82) is 5.26 Å². The second-order valence-electron chi connectivity index (χ2n) is 5.37. The van der Waals surface area contributed by atoms with Crippen LogP contribution in [0.2, 0.25) is 10.0 Å². The molecule has 0 aliphatic carbocycles. The minimum Gasteiger partial charge on any atom is -0.488 e. The molecule has 132 valence electrons. The van der Waals surface area contributed by atoms with Crippen LogP contribution in [-0.4, -0.2) is 12.5 Å². The number of nitriles is 1. The Labute approximate surface area is 162 Å². The number of halogens is 2. The van der Waals surface area contributed by atoms with Crippen LogP contribution in [0.15, 0.2) is 54.6 Å². The van der Waals surface area contributed by atoms with E-state index in [1.54, 1.807) is 42.5 Å². The fraction of sp³-hybridized carbons (Fsp3) is 0.100. The minimum atomic E-state index is -0.527. The molecular weight excluding hydrogens is 371 g/mol. The van der Waals surface area contributed by atoms with E-state index in [0.29, 0.717) is 33.7 Å². The van der Waals surface area contributed by atoms with Gasteiger partial charge < -0.3 is 10.1 Å². The zero-order valence-corrected chi connectivity index (χ0v) is 15.6. The Morgan fingerprint density at radius 1 is 1.31 bits per heavy atom. The van der Waals surface area contributed by atoms with Gasteiger partial charge in [-0.25, -0.2) is 0 Å². The third-order valence-electron chi connectivity index (χ3n) is 3.44. The Kier molecular flexibility index (Phi) is 6.85. The smallest absolute Gasteiger partial charge is 0.266 e. The second-order valence-corrected chi connectivity index (χ2v) is 6.22. The number of carbonyl (C=O) groups is 1. The lowest BCUT2D eigenvalue weighted by atomic mass is 10.1. The molecule has 0 bridgehead atoms. The highest BCUT2D eigenvalue weighted by Gasteiger charge is 2.12. The van der Waals surface area contributed by atoms with Crippen LogP contribution in [0.4, 0.5) is 5.69 Å². The van der Waals surface area contributed by atoms with Crippen LogP contribution in [0.5, 0.6) is 5.75 Å². The minimum absolute atomic E-state index is 0.0554. The maximum absolute atomic E-state index is 12.4. The molecule has 0 unspecified atom stereocenters. The number of hydrogen-bond acceptors (Lipinski definition) is 3. The molecule has 2 rings (SSSR count). The Morgan fingerprint density at radius 3 is 2.73 bits per heavy atom. The molecule has 4 nitrogen and oxygen atoms in total. The normalized spacial score (nSPS) is 10.8. The summed E-state index contributed by atoms with van der Waals surface area (Å²) in [4.78, 5) is 12.4. The first kappa shape index (κ1) is 19.6. The molecule has 0 saturated heterocycles. The molecular formula is C20H16Cl2N2O2. The van der Waals surface area contributed by atoms with Crippen LogP contribution in [-0.2, 0) is 4.79 Å². The zero-order chi connectivity index (χ0) is 19.1. The van der Waals surface area contributed by atoms with Crippen molar-refractivity contribution in [2.75, 3.05) is 11.9 Å². The number of ether oxygens (including phenoxy) is 1. The predicted molar refractivity (Wildman–Crippen MR) is 106 cm³/mol. The van der Waals surface area contributed by atoms with Gasteiger partial charge in [-0.1, -0.05) is 48.0 Å². The van der Waals surface area contributed by atoms with Gasteiger partial charge in [0.1, 0.15) is 24.0 Å². The van der Waals surface area contributed by atoms with Crippen LogP contribution in [0.1, 0.15) is 11.1 Å². The van der Waals surface area contributed by atoms with Crippen molar-refractivity contribution >= 4 is 40.9 Å². The lowest BCUT2D eigenvalue weighted by Crippen LogP contribution is -2.14. The van der Waals surface area contributed by atoms with E-state index < -0.39 is 5.91 Å². The van der Waals surface area contributed by atoms with E-state index >= 15 is 0 Å². The summed E-state index contributed by atoms with van der Waals surface area (Å²) in [7, 11) is 0. The molecule has 0 aliphatic heterocycles. The molecule has 0 aromatic heterocycles. The van der Waals surface area contributed by atoms with Crippen LogP contribution >= 0.6 is 23.2 Å². The van der Waals surface area contributed by atoms with Crippen LogP contribution < -0.4 is 10.1 Å². The number of nitrogens with zero attached hydrogens (tertiary/aromatic N) is 1. The number of hydrogen-bond donors (Lipinski definition) is 1. The summed E-state index contributed by atoms with van der Waals surface area (Å²) in [5, 5.41) is 12.9. The highest BCUT2D eigenvalue weighted by atomic mass is 35.5. The molecule has 0 atom stereocenters. The van der Waals surface area contributed by atoms with Gasteiger partial charge in [-0.3, -0.25) is 4.79 Å². The highest BCUT2D eigenvalue weighted by Crippen LogP contribution is 2.27. The first-order valence-electron chi connectivity index (χ1n) is 7.67. The number of rotatable bonds is 6. The molecule has 0 saturated carbocycles. The molecule has 0 aliphatic rings. The Hall–Kier alpha value is -2.74. The predicted octanol–water partition coefficient (Wildman–Crippen LogP) is 5.41. The average molecular weight is 387 g/mol. The van der Waals surface area contributed by atoms with Gasteiger partial charge in [-0.05, 0) is 48.4 Å². The third-order valence-corrected chi connectivity index (χ3v) is 3.97. The first-order valence-corrected chi connectivity index (χ1v) is 8.42. The van der Waals surface area contributed by atoms with Crippen LogP contribution in [0.25, 0.3) is 6.08 Å². The van der Waals surface area contributed by atoms with Crippen molar-refractivity contribution in [2.45, 2.75) is 6.92 Å². The fourth-order valence-electron chi connectivity index (χ4n) is 2.11. The monoisotopic (exact) mass is 386 g/mol. The summed E-state index contributed by atoms with van der Waals surface area (Å²) >= 11 is 12.1. The Morgan fingerprint density at radius 2 is 2.08 bits per heavy atom. The van der Waals surface area contributed by atoms with Crippen molar-refractivity contribution in [1.82, 2.24) is 0 Å². The topological polar surface area (TPSA) is 62.1 Å². The number of amides is 1.